The molecule has 0 unspecified atom stereocenters. The van der Waals surface area contributed by atoms with Gasteiger partial charge in [-0.05, 0) is 29.8 Å². The first kappa shape index (κ1) is 16.0. The molecule has 5 heteroatoms. The minimum atomic E-state index is -0.389. The Kier molecular flexibility index (Phi) is 5.67. The Labute approximate surface area is 134 Å². The van der Waals surface area contributed by atoms with Gasteiger partial charge in [0.2, 0.25) is 11.8 Å². The molecule has 2 aromatic rings. The van der Waals surface area contributed by atoms with Crippen LogP contribution in [0.5, 0.6) is 0 Å². The predicted octanol–water partition coefficient (Wildman–Crippen LogP) is 3.19. The van der Waals surface area contributed by atoms with Gasteiger partial charge in [-0.1, -0.05) is 36.4 Å². The fraction of sp³-hybridized carbons (Fsp3) is 0.0556. The maximum Gasteiger partial charge on any atom is 0.248 e. The first-order valence-electron chi connectivity index (χ1n) is 6.98. The summed E-state index contributed by atoms with van der Waals surface area (Å²) in [6.07, 6.45) is 2.94. The molecule has 0 aromatic heterocycles. The number of nitriles is 1. The van der Waals surface area contributed by atoms with Crippen LogP contribution in [-0.2, 0) is 9.59 Å². The third-order valence-corrected chi connectivity index (χ3v) is 2.88. The molecule has 2 N–H and O–H groups in total. The van der Waals surface area contributed by atoms with Crippen molar-refractivity contribution in [2.45, 2.75) is 6.42 Å². The summed E-state index contributed by atoms with van der Waals surface area (Å²) in [6, 6.07) is 18.0. The van der Waals surface area contributed by atoms with Gasteiger partial charge >= 0.3 is 0 Å². The Bertz CT molecular complexity index is 761. The lowest BCUT2D eigenvalue weighted by Gasteiger charge is -2.06. The Morgan fingerprint density at radius 3 is 2.39 bits per heavy atom. The Morgan fingerprint density at radius 2 is 1.70 bits per heavy atom. The van der Waals surface area contributed by atoms with Crippen LogP contribution in [0.15, 0.2) is 60.7 Å². The van der Waals surface area contributed by atoms with E-state index in [0.717, 1.165) is 5.56 Å². The molecular formula is C18H15N3O2. The fourth-order valence-electron chi connectivity index (χ4n) is 1.87. The van der Waals surface area contributed by atoms with E-state index in [2.05, 4.69) is 10.6 Å². The van der Waals surface area contributed by atoms with Crippen LogP contribution in [0.25, 0.3) is 6.08 Å². The van der Waals surface area contributed by atoms with Crippen molar-refractivity contribution < 1.29 is 9.59 Å². The second-order valence-electron chi connectivity index (χ2n) is 4.70. The summed E-state index contributed by atoms with van der Waals surface area (Å²) >= 11 is 0. The summed E-state index contributed by atoms with van der Waals surface area (Å²) < 4.78 is 0. The van der Waals surface area contributed by atoms with Gasteiger partial charge < -0.3 is 10.6 Å². The van der Waals surface area contributed by atoms with Gasteiger partial charge in [-0.15, -0.1) is 0 Å². The number of amides is 2. The van der Waals surface area contributed by atoms with Crippen molar-refractivity contribution >= 4 is 29.3 Å². The van der Waals surface area contributed by atoms with E-state index in [1.54, 1.807) is 36.4 Å². The molecule has 5 nitrogen and oxygen atoms in total. The summed E-state index contributed by atoms with van der Waals surface area (Å²) in [5, 5.41) is 13.8. The molecule has 114 valence electrons. The van der Waals surface area contributed by atoms with E-state index in [4.69, 9.17) is 5.26 Å². The molecule has 0 fully saturated rings. The van der Waals surface area contributed by atoms with Crippen LogP contribution in [0.1, 0.15) is 12.0 Å². The number of nitrogens with zero attached hydrogens (tertiary/aromatic N) is 1. The van der Waals surface area contributed by atoms with Crippen LogP contribution in [0.3, 0.4) is 0 Å². The number of benzene rings is 2. The molecule has 0 saturated carbocycles. The van der Waals surface area contributed by atoms with Crippen LogP contribution in [-0.4, -0.2) is 11.8 Å². The average molecular weight is 305 g/mol. The van der Waals surface area contributed by atoms with E-state index >= 15 is 0 Å². The lowest BCUT2D eigenvalue weighted by atomic mass is 10.2. The molecule has 0 spiro atoms. The molecule has 2 aromatic carbocycles. The molecule has 0 radical (unpaired) electrons. The SMILES string of the molecule is N#CCC(=O)Nc1cccc(NC(=O)/C=C/c2ccccc2)c1. The van der Waals surface area contributed by atoms with Crippen molar-refractivity contribution in [3.8, 4) is 6.07 Å². The normalized spacial score (nSPS) is 10.0. The molecule has 2 rings (SSSR count). The average Bonchev–Trinajstić information content (AvgIpc) is 2.54. The zero-order valence-electron chi connectivity index (χ0n) is 12.3. The highest BCUT2D eigenvalue weighted by molar-refractivity contribution is 6.02. The van der Waals surface area contributed by atoms with Gasteiger partial charge in [0.1, 0.15) is 6.42 Å². The molecule has 2 amide bonds. The van der Waals surface area contributed by atoms with Crippen molar-refractivity contribution in [3.05, 3.63) is 66.2 Å². The van der Waals surface area contributed by atoms with Gasteiger partial charge in [0.15, 0.2) is 0 Å². The topological polar surface area (TPSA) is 82.0 Å². The summed E-state index contributed by atoms with van der Waals surface area (Å²) in [6.45, 7) is 0. The van der Waals surface area contributed by atoms with Crippen molar-refractivity contribution in [1.29, 1.82) is 5.26 Å². The summed E-state index contributed by atoms with van der Waals surface area (Å²) in [5.74, 6) is -0.658. The van der Waals surface area contributed by atoms with Crippen LogP contribution >= 0.6 is 0 Å². The number of anilines is 2. The van der Waals surface area contributed by atoms with Gasteiger partial charge in [0.25, 0.3) is 0 Å². The van der Waals surface area contributed by atoms with Crippen LogP contribution in [0.4, 0.5) is 11.4 Å². The van der Waals surface area contributed by atoms with E-state index in [1.807, 2.05) is 30.3 Å². The first-order chi connectivity index (χ1) is 11.2. The second-order valence-corrected chi connectivity index (χ2v) is 4.70. The monoisotopic (exact) mass is 305 g/mol. The summed E-state index contributed by atoms with van der Waals surface area (Å²) in [4.78, 5) is 23.3. The van der Waals surface area contributed by atoms with Gasteiger partial charge in [-0.25, -0.2) is 0 Å². The molecule has 0 aliphatic rings. The summed E-state index contributed by atoms with van der Waals surface area (Å²) in [5.41, 5.74) is 2.01. The van der Waals surface area contributed by atoms with Gasteiger partial charge in [0, 0.05) is 17.5 Å². The minimum absolute atomic E-state index is 0.212. The smallest absolute Gasteiger partial charge is 0.248 e. The molecular weight excluding hydrogens is 290 g/mol. The number of nitrogens with one attached hydrogen (secondary N) is 2. The number of carbonyl (C=O) groups excluding carboxylic acids is 2. The molecule has 0 saturated heterocycles. The number of rotatable bonds is 5. The van der Waals surface area contributed by atoms with Crippen LogP contribution in [0.2, 0.25) is 0 Å². The van der Waals surface area contributed by atoms with Gasteiger partial charge in [0.05, 0.1) is 6.07 Å². The number of hydrogen-bond donors (Lipinski definition) is 2. The third kappa shape index (κ3) is 5.48. The lowest BCUT2D eigenvalue weighted by Crippen LogP contribution is -2.11. The van der Waals surface area contributed by atoms with E-state index in [-0.39, 0.29) is 18.2 Å². The number of hydrogen-bond acceptors (Lipinski definition) is 3. The van der Waals surface area contributed by atoms with Gasteiger partial charge in [-0.2, -0.15) is 5.26 Å². The molecule has 0 aliphatic carbocycles. The third-order valence-electron chi connectivity index (χ3n) is 2.88. The fourth-order valence-corrected chi connectivity index (χ4v) is 1.87. The number of carbonyl (C=O) groups is 2. The zero-order chi connectivity index (χ0) is 16.5. The highest BCUT2D eigenvalue weighted by atomic mass is 16.2. The van der Waals surface area contributed by atoms with Crippen LogP contribution < -0.4 is 10.6 Å². The Morgan fingerprint density at radius 1 is 1.00 bits per heavy atom. The minimum Gasteiger partial charge on any atom is -0.325 e. The Balaban J connectivity index is 1.97. The maximum absolute atomic E-state index is 11.9. The largest absolute Gasteiger partial charge is 0.325 e. The van der Waals surface area contributed by atoms with Crippen molar-refractivity contribution in [2.24, 2.45) is 0 Å². The van der Waals surface area contributed by atoms with E-state index in [1.165, 1.54) is 6.08 Å². The highest BCUT2D eigenvalue weighted by Gasteiger charge is 2.03. The maximum atomic E-state index is 11.9. The van der Waals surface area contributed by atoms with Crippen molar-refractivity contribution in [2.75, 3.05) is 10.6 Å². The van der Waals surface area contributed by atoms with Crippen molar-refractivity contribution in [1.82, 2.24) is 0 Å². The molecule has 0 bridgehead atoms. The predicted molar refractivity (Wildman–Crippen MR) is 89.4 cm³/mol. The summed E-state index contributed by atoms with van der Waals surface area (Å²) in [7, 11) is 0. The van der Waals surface area contributed by atoms with Gasteiger partial charge in [-0.3, -0.25) is 9.59 Å². The molecule has 0 aliphatic heterocycles. The van der Waals surface area contributed by atoms with E-state index in [9.17, 15) is 9.59 Å². The van der Waals surface area contributed by atoms with E-state index < -0.39 is 0 Å². The second kappa shape index (κ2) is 8.15. The molecule has 0 heterocycles. The standard InChI is InChI=1S/C18H15N3O2/c19-12-11-18(23)21-16-8-4-7-15(13-16)20-17(22)10-9-14-5-2-1-3-6-14/h1-10,13H,11H2,(H,20,22)(H,21,23)/b10-9+. The highest BCUT2D eigenvalue weighted by Crippen LogP contribution is 2.15. The lowest BCUT2D eigenvalue weighted by molar-refractivity contribution is -0.115. The first-order valence-corrected chi connectivity index (χ1v) is 6.98. The zero-order valence-corrected chi connectivity index (χ0v) is 12.3. The Hall–Kier alpha value is -3.39. The molecule has 23 heavy (non-hydrogen) atoms. The molecule has 0 atom stereocenters. The van der Waals surface area contributed by atoms with Crippen molar-refractivity contribution in [3.63, 3.8) is 0 Å². The van der Waals surface area contributed by atoms with Crippen LogP contribution in [0, 0.1) is 11.3 Å². The quantitative estimate of drug-likeness (QED) is 0.832. The van der Waals surface area contributed by atoms with E-state index in [0.29, 0.717) is 11.4 Å².